The highest BCUT2D eigenvalue weighted by Crippen LogP contribution is 2.52. The van der Waals surface area contributed by atoms with E-state index in [9.17, 15) is 13.2 Å². The zero-order valence-electron chi connectivity index (χ0n) is 19.1. The molecule has 0 aromatic heterocycles. The number of halogens is 4. The van der Waals surface area contributed by atoms with Gasteiger partial charge in [0.2, 0.25) is 0 Å². The number of methoxy groups -OCH3 is 1. The van der Waals surface area contributed by atoms with E-state index in [4.69, 9.17) is 16.3 Å². The van der Waals surface area contributed by atoms with Gasteiger partial charge in [-0.25, -0.2) is 0 Å². The third-order valence-corrected chi connectivity index (χ3v) is 8.05. The van der Waals surface area contributed by atoms with Crippen molar-refractivity contribution in [1.82, 2.24) is 0 Å². The fourth-order valence-corrected chi connectivity index (χ4v) is 6.49. The SMILES string of the molecule is CCC1=C2CS[C@H](c3cccc(OC)c3C)c3cc(Cl)ccc3N2C(C(F)(F)F)=C(C)CC1. The van der Waals surface area contributed by atoms with E-state index in [0.29, 0.717) is 34.9 Å². The summed E-state index contributed by atoms with van der Waals surface area (Å²) in [6, 6.07) is 11.1. The lowest BCUT2D eigenvalue weighted by Gasteiger charge is -2.32. The summed E-state index contributed by atoms with van der Waals surface area (Å²) in [7, 11) is 1.63. The minimum absolute atomic E-state index is 0.180. The summed E-state index contributed by atoms with van der Waals surface area (Å²) < 4.78 is 49.0. The number of fused-ring (bicyclic) bond motifs is 3. The van der Waals surface area contributed by atoms with Crippen LogP contribution in [0, 0.1) is 6.92 Å². The predicted octanol–water partition coefficient (Wildman–Crippen LogP) is 8.59. The Labute approximate surface area is 202 Å². The van der Waals surface area contributed by atoms with Crippen LogP contribution in [0.3, 0.4) is 0 Å². The van der Waals surface area contributed by atoms with Crippen LogP contribution in [-0.4, -0.2) is 19.0 Å². The summed E-state index contributed by atoms with van der Waals surface area (Å²) in [6.45, 7) is 5.62. The molecule has 2 heterocycles. The number of hydrogen-bond donors (Lipinski definition) is 0. The van der Waals surface area contributed by atoms with Crippen LogP contribution in [0.15, 0.2) is 58.9 Å². The topological polar surface area (TPSA) is 12.5 Å². The van der Waals surface area contributed by atoms with Crippen molar-refractivity contribution in [2.75, 3.05) is 17.8 Å². The Kier molecular flexibility index (Phi) is 6.79. The molecule has 0 bridgehead atoms. The number of thioether (sulfide) groups is 1. The van der Waals surface area contributed by atoms with Crippen molar-refractivity contribution < 1.29 is 17.9 Å². The van der Waals surface area contributed by atoms with Crippen LogP contribution in [0.25, 0.3) is 0 Å². The standard InChI is InChI=1S/C26H27ClF3NOS/c1-5-17-10-9-15(2)25(26(28,29)30)31-21-12-11-18(27)13-20(21)24(33-14-22(17)31)19-7-6-8-23(32-4)16(19)3/h6-8,11-13,24H,5,9-10,14H2,1-4H3/t24-/m1/s1. The van der Waals surface area contributed by atoms with Gasteiger partial charge in [-0.1, -0.05) is 30.7 Å². The van der Waals surface area contributed by atoms with E-state index in [-0.39, 0.29) is 5.25 Å². The number of nitrogens with zero attached hydrogens (tertiary/aromatic N) is 1. The molecule has 176 valence electrons. The highest BCUT2D eigenvalue weighted by Gasteiger charge is 2.44. The Balaban J connectivity index is 2.02. The molecule has 33 heavy (non-hydrogen) atoms. The molecule has 0 spiro atoms. The Morgan fingerprint density at radius 3 is 2.55 bits per heavy atom. The minimum Gasteiger partial charge on any atom is -0.496 e. The molecule has 4 rings (SSSR count). The maximum Gasteiger partial charge on any atom is 0.431 e. The van der Waals surface area contributed by atoms with E-state index < -0.39 is 11.9 Å². The second kappa shape index (κ2) is 9.30. The normalized spacial score (nSPS) is 19.2. The lowest BCUT2D eigenvalue weighted by Crippen LogP contribution is -2.33. The van der Waals surface area contributed by atoms with Crippen molar-refractivity contribution in [1.29, 1.82) is 0 Å². The molecule has 0 saturated carbocycles. The second-order valence-corrected chi connectivity index (χ2v) is 9.96. The van der Waals surface area contributed by atoms with Gasteiger partial charge in [-0.3, -0.25) is 0 Å². The zero-order valence-corrected chi connectivity index (χ0v) is 20.7. The molecular weight excluding hydrogens is 467 g/mol. The quantitative estimate of drug-likeness (QED) is 0.424. The summed E-state index contributed by atoms with van der Waals surface area (Å²) in [4.78, 5) is 1.48. The number of anilines is 1. The number of hydrogen-bond acceptors (Lipinski definition) is 3. The van der Waals surface area contributed by atoms with Crippen molar-refractivity contribution in [2.24, 2.45) is 0 Å². The van der Waals surface area contributed by atoms with Crippen molar-refractivity contribution >= 4 is 29.1 Å². The minimum atomic E-state index is -4.47. The van der Waals surface area contributed by atoms with E-state index in [2.05, 4.69) is 0 Å². The summed E-state index contributed by atoms with van der Waals surface area (Å²) in [5.74, 6) is 1.24. The largest absolute Gasteiger partial charge is 0.496 e. The third-order valence-electron chi connectivity index (χ3n) is 6.53. The maximum absolute atomic E-state index is 14.5. The van der Waals surface area contributed by atoms with Crippen LogP contribution in [-0.2, 0) is 0 Å². The van der Waals surface area contributed by atoms with Crippen LogP contribution in [0.1, 0.15) is 55.1 Å². The zero-order chi connectivity index (χ0) is 23.9. The molecule has 2 nitrogen and oxygen atoms in total. The van der Waals surface area contributed by atoms with Crippen LogP contribution in [0.4, 0.5) is 18.9 Å². The number of benzene rings is 2. The van der Waals surface area contributed by atoms with Crippen LogP contribution in [0.5, 0.6) is 5.75 Å². The number of alkyl halides is 3. The Bertz CT molecular complexity index is 1140. The first kappa shape index (κ1) is 24.1. The van der Waals surface area contributed by atoms with Crippen molar-refractivity contribution in [3.63, 3.8) is 0 Å². The van der Waals surface area contributed by atoms with Gasteiger partial charge in [-0.05, 0) is 85.2 Å². The van der Waals surface area contributed by atoms with Crippen LogP contribution >= 0.6 is 23.4 Å². The van der Waals surface area contributed by atoms with E-state index in [0.717, 1.165) is 40.1 Å². The number of ether oxygens (including phenoxy) is 1. The molecule has 0 aliphatic carbocycles. The maximum atomic E-state index is 14.5. The first-order chi connectivity index (χ1) is 15.7. The van der Waals surface area contributed by atoms with Gasteiger partial charge < -0.3 is 9.64 Å². The van der Waals surface area contributed by atoms with Crippen molar-refractivity contribution in [3.05, 3.63) is 80.7 Å². The fourth-order valence-electron chi connectivity index (χ4n) is 4.85. The van der Waals surface area contributed by atoms with Gasteiger partial charge in [0.25, 0.3) is 0 Å². The van der Waals surface area contributed by atoms with Gasteiger partial charge in [0.15, 0.2) is 0 Å². The predicted molar refractivity (Wildman–Crippen MR) is 131 cm³/mol. The first-order valence-electron chi connectivity index (χ1n) is 11.0. The number of allylic oxidation sites excluding steroid dienone is 3. The monoisotopic (exact) mass is 493 g/mol. The first-order valence-corrected chi connectivity index (χ1v) is 12.4. The Hall–Kier alpha value is -2.05. The Morgan fingerprint density at radius 2 is 1.88 bits per heavy atom. The van der Waals surface area contributed by atoms with Gasteiger partial charge >= 0.3 is 6.18 Å². The summed E-state index contributed by atoms with van der Waals surface area (Å²) >= 11 is 8.05. The van der Waals surface area contributed by atoms with Gasteiger partial charge in [0, 0.05) is 16.5 Å². The molecule has 2 aliphatic heterocycles. The molecule has 2 aliphatic rings. The van der Waals surface area contributed by atoms with Gasteiger partial charge in [0.05, 0.1) is 18.0 Å². The van der Waals surface area contributed by atoms with Crippen molar-refractivity contribution in [3.8, 4) is 5.75 Å². The molecule has 0 radical (unpaired) electrons. The molecule has 2 aromatic rings. The average molecular weight is 494 g/mol. The van der Waals surface area contributed by atoms with Crippen LogP contribution < -0.4 is 9.64 Å². The van der Waals surface area contributed by atoms with Gasteiger partial charge in [-0.15, -0.1) is 11.8 Å². The summed E-state index contributed by atoms with van der Waals surface area (Å²) in [6.07, 6.45) is -2.70. The number of rotatable bonds is 3. The molecule has 7 heteroatoms. The van der Waals surface area contributed by atoms with E-state index >= 15 is 0 Å². The smallest absolute Gasteiger partial charge is 0.431 e. The molecular formula is C26H27ClF3NOS. The molecule has 2 aromatic carbocycles. The third kappa shape index (κ3) is 4.40. The molecule has 0 fully saturated rings. The molecule has 0 amide bonds. The van der Waals surface area contributed by atoms with E-state index in [1.807, 2.05) is 38.1 Å². The molecule has 0 N–H and O–H groups in total. The summed E-state index contributed by atoms with van der Waals surface area (Å²) in [5, 5.41) is 0.327. The molecule has 1 atom stereocenters. The van der Waals surface area contributed by atoms with Crippen molar-refractivity contribution in [2.45, 2.75) is 51.5 Å². The Morgan fingerprint density at radius 1 is 1.12 bits per heavy atom. The average Bonchev–Trinajstić information content (AvgIpc) is 3.00. The molecule has 0 unspecified atom stereocenters. The van der Waals surface area contributed by atoms with Gasteiger partial charge in [-0.2, -0.15) is 13.2 Å². The van der Waals surface area contributed by atoms with E-state index in [1.54, 1.807) is 37.9 Å². The molecule has 0 saturated heterocycles. The van der Waals surface area contributed by atoms with Crippen LogP contribution in [0.2, 0.25) is 5.02 Å². The highest BCUT2D eigenvalue weighted by atomic mass is 35.5. The van der Waals surface area contributed by atoms with Gasteiger partial charge in [0.1, 0.15) is 11.4 Å². The fraction of sp³-hybridized carbons (Fsp3) is 0.385. The lowest BCUT2D eigenvalue weighted by atomic mass is 9.97. The lowest BCUT2D eigenvalue weighted by molar-refractivity contribution is -0.0937. The van der Waals surface area contributed by atoms with E-state index in [1.165, 1.54) is 4.90 Å². The second-order valence-electron chi connectivity index (χ2n) is 8.43. The summed E-state index contributed by atoms with van der Waals surface area (Å²) in [5.41, 5.74) is 4.96. The highest BCUT2D eigenvalue weighted by molar-refractivity contribution is 7.99.